The van der Waals surface area contributed by atoms with E-state index >= 15 is 0 Å². The van der Waals surface area contributed by atoms with Crippen LogP contribution in [0.25, 0.3) is 6.08 Å². The highest BCUT2D eigenvalue weighted by atomic mass is 35.5. The smallest absolute Gasteiger partial charge is 0.336 e. The average Bonchev–Trinajstić information content (AvgIpc) is 3.26. The van der Waals surface area contributed by atoms with Crippen molar-refractivity contribution in [3.63, 3.8) is 0 Å². The molecule has 0 unspecified atom stereocenters. The van der Waals surface area contributed by atoms with Crippen molar-refractivity contribution in [2.45, 2.75) is 0 Å². The van der Waals surface area contributed by atoms with Gasteiger partial charge in [0.2, 0.25) is 0 Å². The van der Waals surface area contributed by atoms with Crippen LogP contribution in [0.1, 0.15) is 11.3 Å². The first-order valence-electron chi connectivity index (χ1n) is 8.82. The SMILES string of the molecule is O=C(COc1cccc(Cl)c1)N/N=C\c1ccc(OC(=O)/C=C/c2ccco2)cc1. The van der Waals surface area contributed by atoms with Crippen molar-refractivity contribution in [1.82, 2.24) is 5.43 Å². The van der Waals surface area contributed by atoms with E-state index < -0.39 is 11.9 Å². The second kappa shape index (κ2) is 10.6. The number of amides is 1. The summed E-state index contributed by atoms with van der Waals surface area (Å²) in [6.45, 7) is -0.196. The van der Waals surface area contributed by atoms with Gasteiger partial charge >= 0.3 is 5.97 Å². The molecule has 7 nitrogen and oxygen atoms in total. The highest BCUT2D eigenvalue weighted by Crippen LogP contribution is 2.16. The Morgan fingerprint density at radius 3 is 2.63 bits per heavy atom. The minimum atomic E-state index is -0.528. The Labute approximate surface area is 177 Å². The number of nitrogens with one attached hydrogen (secondary N) is 1. The van der Waals surface area contributed by atoms with Gasteiger partial charge < -0.3 is 13.9 Å². The van der Waals surface area contributed by atoms with Crippen molar-refractivity contribution in [3.8, 4) is 11.5 Å². The number of ether oxygens (including phenoxy) is 2. The summed E-state index contributed by atoms with van der Waals surface area (Å²) in [6, 6.07) is 16.8. The standard InChI is InChI=1S/C22H17ClN2O5/c23-17-3-1-4-20(13-17)29-15-21(26)25-24-14-16-6-8-19(9-7-16)30-22(27)11-10-18-5-2-12-28-18/h1-14H,15H2,(H,25,26)/b11-10+,24-14-. The first kappa shape index (κ1) is 20.9. The maximum atomic E-state index is 11.8. The summed E-state index contributed by atoms with van der Waals surface area (Å²) >= 11 is 5.85. The largest absolute Gasteiger partial charge is 0.484 e. The van der Waals surface area contributed by atoms with E-state index in [0.717, 1.165) is 0 Å². The Hall–Kier alpha value is -3.84. The van der Waals surface area contributed by atoms with Crippen LogP contribution in [-0.2, 0) is 9.59 Å². The van der Waals surface area contributed by atoms with Crippen molar-refractivity contribution in [3.05, 3.63) is 89.3 Å². The van der Waals surface area contributed by atoms with E-state index in [0.29, 0.717) is 27.8 Å². The molecule has 1 aromatic heterocycles. The van der Waals surface area contributed by atoms with Crippen LogP contribution in [0.15, 0.2) is 82.5 Å². The molecular formula is C22H17ClN2O5. The molecule has 0 saturated heterocycles. The van der Waals surface area contributed by atoms with Crippen molar-refractivity contribution < 1.29 is 23.5 Å². The van der Waals surface area contributed by atoms with Crippen LogP contribution in [0, 0.1) is 0 Å². The number of halogens is 1. The number of esters is 1. The number of nitrogens with zero attached hydrogens (tertiary/aromatic N) is 1. The molecule has 0 aliphatic carbocycles. The fourth-order valence-electron chi connectivity index (χ4n) is 2.23. The molecule has 0 aliphatic heterocycles. The summed E-state index contributed by atoms with van der Waals surface area (Å²) in [5.41, 5.74) is 3.07. The summed E-state index contributed by atoms with van der Waals surface area (Å²) in [5, 5.41) is 4.38. The van der Waals surface area contributed by atoms with Crippen LogP contribution in [0.4, 0.5) is 0 Å². The fraction of sp³-hybridized carbons (Fsp3) is 0.0455. The third-order valence-corrected chi connectivity index (χ3v) is 3.83. The van der Waals surface area contributed by atoms with Crippen LogP contribution in [0.3, 0.4) is 0 Å². The zero-order chi connectivity index (χ0) is 21.2. The number of hydrogen-bond acceptors (Lipinski definition) is 6. The summed E-state index contributed by atoms with van der Waals surface area (Å²) in [5.74, 6) is 0.476. The van der Waals surface area contributed by atoms with E-state index in [1.807, 2.05) is 0 Å². The molecule has 0 fully saturated rings. The topological polar surface area (TPSA) is 90.1 Å². The van der Waals surface area contributed by atoms with Gasteiger partial charge in [-0.05, 0) is 66.2 Å². The molecule has 3 aromatic rings. The van der Waals surface area contributed by atoms with Gasteiger partial charge in [0.15, 0.2) is 6.61 Å². The molecule has 0 atom stereocenters. The number of rotatable bonds is 8. The second-order valence-electron chi connectivity index (χ2n) is 5.88. The molecule has 152 valence electrons. The van der Waals surface area contributed by atoms with Gasteiger partial charge in [-0.1, -0.05) is 17.7 Å². The van der Waals surface area contributed by atoms with E-state index in [-0.39, 0.29) is 6.61 Å². The van der Waals surface area contributed by atoms with Gasteiger partial charge in [0.05, 0.1) is 12.5 Å². The molecule has 0 saturated carbocycles. The van der Waals surface area contributed by atoms with E-state index in [4.69, 9.17) is 25.5 Å². The summed E-state index contributed by atoms with van der Waals surface area (Å²) in [6.07, 6.45) is 5.76. The van der Waals surface area contributed by atoms with E-state index in [1.165, 1.54) is 24.6 Å². The number of carbonyl (C=O) groups excluding carboxylic acids is 2. The minimum absolute atomic E-state index is 0.196. The summed E-state index contributed by atoms with van der Waals surface area (Å²) in [7, 11) is 0. The predicted molar refractivity (Wildman–Crippen MR) is 113 cm³/mol. The maximum Gasteiger partial charge on any atom is 0.336 e. The Kier molecular flexibility index (Phi) is 7.40. The number of hydrogen-bond donors (Lipinski definition) is 1. The predicted octanol–water partition coefficient (Wildman–Crippen LogP) is 4.08. The average molecular weight is 425 g/mol. The Morgan fingerprint density at radius 1 is 1.07 bits per heavy atom. The highest BCUT2D eigenvalue weighted by Gasteiger charge is 2.03. The lowest BCUT2D eigenvalue weighted by Gasteiger charge is -2.05. The molecule has 8 heteroatoms. The van der Waals surface area contributed by atoms with Crippen molar-refractivity contribution in [2.75, 3.05) is 6.61 Å². The number of furan rings is 1. The summed E-state index contributed by atoms with van der Waals surface area (Å²) < 4.78 is 15.6. The number of carbonyl (C=O) groups is 2. The van der Waals surface area contributed by atoms with Gasteiger partial charge in [-0.15, -0.1) is 0 Å². The third kappa shape index (κ3) is 6.96. The first-order valence-corrected chi connectivity index (χ1v) is 9.20. The molecule has 0 aliphatic rings. The van der Waals surface area contributed by atoms with Crippen molar-refractivity contribution >= 4 is 35.8 Å². The lowest BCUT2D eigenvalue weighted by molar-refractivity contribution is -0.129. The molecule has 0 bridgehead atoms. The lowest BCUT2D eigenvalue weighted by Crippen LogP contribution is -2.24. The molecule has 1 N–H and O–H groups in total. The molecule has 30 heavy (non-hydrogen) atoms. The second-order valence-corrected chi connectivity index (χ2v) is 6.31. The monoisotopic (exact) mass is 424 g/mol. The molecule has 0 radical (unpaired) electrons. The fourth-order valence-corrected chi connectivity index (χ4v) is 2.41. The van der Waals surface area contributed by atoms with E-state index in [2.05, 4.69) is 10.5 Å². The Balaban J connectivity index is 1.42. The van der Waals surface area contributed by atoms with Gasteiger partial charge in [-0.25, -0.2) is 10.2 Å². The normalized spacial score (nSPS) is 11.0. The molecular weight excluding hydrogens is 408 g/mol. The first-order chi connectivity index (χ1) is 14.6. The molecule has 1 heterocycles. The van der Waals surface area contributed by atoms with Crippen LogP contribution < -0.4 is 14.9 Å². The number of hydrazone groups is 1. The lowest BCUT2D eigenvalue weighted by atomic mass is 10.2. The Bertz CT molecular complexity index is 1040. The highest BCUT2D eigenvalue weighted by molar-refractivity contribution is 6.30. The quantitative estimate of drug-likeness (QED) is 0.193. The third-order valence-electron chi connectivity index (χ3n) is 3.59. The van der Waals surface area contributed by atoms with Gasteiger partial charge in [0, 0.05) is 11.1 Å². The maximum absolute atomic E-state index is 11.8. The molecule has 1 amide bonds. The minimum Gasteiger partial charge on any atom is -0.484 e. The molecule has 0 spiro atoms. The zero-order valence-electron chi connectivity index (χ0n) is 15.7. The van der Waals surface area contributed by atoms with Gasteiger partial charge in [-0.2, -0.15) is 5.10 Å². The van der Waals surface area contributed by atoms with Crippen LogP contribution in [0.5, 0.6) is 11.5 Å². The zero-order valence-corrected chi connectivity index (χ0v) is 16.4. The number of benzene rings is 2. The Morgan fingerprint density at radius 2 is 1.90 bits per heavy atom. The van der Waals surface area contributed by atoms with Crippen LogP contribution >= 0.6 is 11.6 Å². The van der Waals surface area contributed by atoms with E-state index in [1.54, 1.807) is 60.7 Å². The van der Waals surface area contributed by atoms with E-state index in [9.17, 15) is 9.59 Å². The molecule has 3 rings (SSSR count). The molecule has 2 aromatic carbocycles. The van der Waals surface area contributed by atoms with Gasteiger partial charge in [-0.3, -0.25) is 4.79 Å². The van der Waals surface area contributed by atoms with Crippen molar-refractivity contribution in [1.29, 1.82) is 0 Å². The van der Waals surface area contributed by atoms with Crippen molar-refractivity contribution in [2.24, 2.45) is 5.10 Å². The summed E-state index contributed by atoms with van der Waals surface area (Å²) in [4.78, 5) is 23.5. The van der Waals surface area contributed by atoms with Crippen LogP contribution in [-0.4, -0.2) is 24.7 Å². The van der Waals surface area contributed by atoms with Crippen LogP contribution in [0.2, 0.25) is 5.02 Å². The van der Waals surface area contributed by atoms with Gasteiger partial charge in [0.25, 0.3) is 5.91 Å². The van der Waals surface area contributed by atoms with Gasteiger partial charge in [0.1, 0.15) is 17.3 Å².